The van der Waals surface area contributed by atoms with E-state index < -0.39 is 76.5 Å². The maximum absolute atomic E-state index is 12.0. The molecule has 29 heavy (non-hydrogen) atoms. The van der Waals surface area contributed by atoms with Gasteiger partial charge in [0.2, 0.25) is 12.3 Å². The van der Waals surface area contributed by atoms with Crippen LogP contribution >= 0.6 is 11.8 Å². The Kier molecular flexibility index (Phi) is 10.2. The maximum Gasteiger partial charge on any atom is 0.327 e. The lowest BCUT2D eigenvalue weighted by molar-refractivity contribution is -0.253. The van der Waals surface area contributed by atoms with E-state index in [0.29, 0.717) is 0 Å². The topological polar surface area (TPSA) is 220 Å². The summed E-state index contributed by atoms with van der Waals surface area (Å²) in [6.07, 6.45) is -6.12. The molecule has 3 unspecified atom stereocenters. The zero-order chi connectivity index (χ0) is 22.2. The molecular weight excluding hydrogens is 436 g/mol. The fourth-order valence-corrected chi connectivity index (χ4v) is 5.17. The molecule has 1 aliphatic heterocycles. The number of aliphatic carboxylic acids is 1. The number of hydrogen-bond donors (Lipinski definition) is 7. The van der Waals surface area contributed by atoms with Crippen molar-refractivity contribution in [3.63, 3.8) is 0 Å². The summed E-state index contributed by atoms with van der Waals surface area (Å²) in [7, 11) is -3.90. The molecule has 0 aliphatic carbocycles. The lowest BCUT2D eigenvalue weighted by Gasteiger charge is -2.40. The lowest BCUT2D eigenvalue weighted by Crippen LogP contribution is -2.64. The van der Waals surface area contributed by atoms with Crippen molar-refractivity contribution < 1.29 is 53.1 Å². The number of carbonyl (C=O) groups excluding carboxylic acids is 2. The number of sulfone groups is 1. The Labute approximate surface area is 170 Å². The largest absolute Gasteiger partial charge is 0.480 e. The first kappa shape index (κ1) is 25.5. The first-order chi connectivity index (χ1) is 13.5. The summed E-state index contributed by atoms with van der Waals surface area (Å²) in [6, 6.07) is -2.68. The summed E-state index contributed by atoms with van der Waals surface area (Å²) in [6.45, 7) is -0.687. The van der Waals surface area contributed by atoms with Crippen LogP contribution in [0.5, 0.6) is 0 Å². The molecule has 1 saturated heterocycles. The molecule has 1 fully saturated rings. The van der Waals surface area contributed by atoms with Gasteiger partial charge in [0.05, 0.1) is 12.4 Å². The summed E-state index contributed by atoms with van der Waals surface area (Å²) in [5, 5.41) is 51.4. The van der Waals surface area contributed by atoms with Crippen LogP contribution in [0.4, 0.5) is 0 Å². The van der Waals surface area contributed by atoms with Crippen LogP contribution in [0.15, 0.2) is 0 Å². The predicted octanol–water partition coefficient (Wildman–Crippen LogP) is -4.75. The van der Waals surface area contributed by atoms with E-state index in [0.717, 1.165) is 11.8 Å². The van der Waals surface area contributed by atoms with E-state index in [1.165, 1.54) is 0 Å². The van der Waals surface area contributed by atoms with E-state index in [1.807, 2.05) is 0 Å². The molecule has 0 aromatic rings. The highest BCUT2D eigenvalue weighted by Crippen LogP contribution is 2.19. The maximum atomic E-state index is 12.0. The molecule has 0 saturated carbocycles. The first-order valence-electron chi connectivity index (χ1n) is 8.33. The van der Waals surface area contributed by atoms with E-state index in [4.69, 9.17) is 14.9 Å². The molecule has 7 N–H and O–H groups in total. The summed E-state index contributed by atoms with van der Waals surface area (Å²) >= 11 is 0.953. The second kappa shape index (κ2) is 11.6. The van der Waals surface area contributed by atoms with Crippen LogP contribution in [0.2, 0.25) is 0 Å². The van der Waals surface area contributed by atoms with Gasteiger partial charge in [-0.3, -0.25) is 9.59 Å². The highest BCUT2D eigenvalue weighted by Gasteiger charge is 2.44. The van der Waals surface area contributed by atoms with Crippen LogP contribution in [0.3, 0.4) is 0 Å². The molecule has 1 heterocycles. The predicted molar refractivity (Wildman–Crippen MR) is 98.5 cm³/mol. The molecule has 0 bridgehead atoms. The normalized spacial score (nSPS) is 28.3. The van der Waals surface area contributed by atoms with Crippen molar-refractivity contribution in [3.8, 4) is 0 Å². The van der Waals surface area contributed by atoms with Gasteiger partial charge in [-0.1, -0.05) is 0 Å². The minimum Gasteiger partial charge on any atom is -0.480 e. The van der Waals surface area contributed by atoms with Crippen LogP contribution in [0, 0.1) is 0 Å². The van der Waals surface area contributed by atoms with E-state index >= 15 is 0 Å². The molecule has 15 heteroatoms. The Hall–Kier alpha value is -1.49. The number of aliphatic hydroxyl groups is 4. The number of hydrogen-bond acceptors (Lipinski definition) is 11. The van der Waals surface area contributed by atoms with Gasteiger partial charge in [-0.15, -0.1) is 0 Å². The van der Waals surface area contributed by atoms with E-state index in [1.54, 1.807) is 0 Å². The van der Waals surface area contributed by atoms with Crippen molar-refractivity contribution in [3.05, 3.63) is 0 Å². The smallest absolute Gasteiger partial charge is 0.327 e. The third kappa shape index (κ3) is 8.04. The monoisotopic (exact) mass is 460 g/mol. The third-order valence-corrected chi connectivity index (χ3v) is 6.82. The number of carbonyl (C=O) groups is 3. The molecule has 2 amide bonds. The van der Waals surface area contributed by atoms with Gasteiger partial charge in [0.15, 0.2) is 16.1 Å². The Balaban J connectivity index is 2.50. The van der Waals surface area contributed by atoms with Crippen LogP contribution in [-0.2, 0) is 29.0 Å². The van der Waals surface area contributed by atoms with Crippen molar-refractivity contribution >= 4 is 39.9 Å². The van der Waals surface area contributed by atoms with Crippen LogP contribution < -0.4 is 10.6 Å². The van der Waals surface area contributed by atoms with Crippen LogP contribution in [0.25, 0.3) is 0 Å². The van der Waals surface area contributed by atoms with Gasteiger partial charge in [0.25, 0.3) is 0 Å². The molecule has 168 valence electrons. The molecule has 0 spiro atoms. The number of carboxylic acid groups (broad SMARTS) is 1. The summed E-state index contributed by atoms with van der Waals surface area (Å²) in [5.41, 5.74) is 0. The van der Waals surface area contributed by atoms with Gasteiger partial charge in [0, 0.05) is 11.5 Å². The lowest BCUT2D eigenvalue weighted by atomic mass is 9.97. The second-order valence-corrected chi connectivity index (χ2v) is 9.50. The van der Waals surface area contributed by atoms with E-state index in [-0.39, 0.29) is 17.9 Å². The zero-order valence-electron chi connectivity index (χ0n) is 15.1. The summed E-state index contributed by atoms with van der Waals surface area (Å²) in [4.78, 5) is 33.1. The number of carboxylic acids is 1. The van der Waals surface area contributed by atoms with Crippen molar-refractivity contribution in [1.29, 1.82) is 0 Å². The van der Waals surface area contributed by atoms with Crippen molar-refractivity contribution in [2.75, 3.05) is 29.6 Å². The Bertz CT molecular complexity index is 674. The highest BCUT2D eigenvalue weighted by atomic mass is 32.2. The summed E-state index contributed by atoms with van der Waals surface area (Å²) < 4.78 is 28.9. The molecule has 1 aliphatic rings. The van der Waals surface area contributed by atoms with E-state index in [2.05, 4.69) is 10.6 Å². The molecule has 0 radical (unpaired) electrons. The first-order valence-corrected chi connectivity index (χ1v) is 11.3. The van der Waals surface area contributed by atoms with E-state index in [9.17, 15) is 38.1 Å². The van der Waals surface area contributed by atoms with Crippen LogP contribution in [0.1, 0.15) is 0 Å². The third-order valence-electron chi connectivity index (χ3n) is 3.97. The Morgan fingerprint density at radius 2 is 1.86 bits per heavy atom. The van der Waals surface area contributed by atoms with Crippen molar-refractivity contribution in [2.45, 2.75) is 36.7 Å². The molecule has 0 aromatic heterocycles. The SMILES string of the molecule is O=CNC(CSCCS(=O)(=O)CC(=O)NC1C(O)O[C@H](CO)[C@@H](O)[C@@H]1O)C(=O)O. The quantitative estimate of drug-likeness (QED) is 0.108. The number of ether oxygens (including phenoxy) is 1. The van der Waals surface area contributed by atoms with Crippen molar-refractivity contribution in [2.24, 2.45) is 0 Å². The molecular formula is C14H24N2O11S2. The molecule has 6 atom stereocenters. The Morgan fingerprint density at radius 3 is 2.41 bits per heavy atom. The number of aliphatic hydroxyl groups excluding tert-OH is 4. The Morgan fingerprint density at radius 1 is 1.21 bits per heavy atom. The van der Waals surface area contributed by atoms with Gasteiger partial charge in [0.1, 0.15) is 36.1 Å². The second-order valence-electron chi connectivity index (χ2n) is 6.16. The molecule has 13 nitrogen and oxygen atoms in total. The molecule has 0 aromatic carbocycles. The fourth-order valence-electron chi connectivity index (χ4n) is 2.41. The van der Waals surface area contributed by atoms with Gasteiger partial charge >= 0.3 is 5.97 Å². The average molecular weight is 460 g/mol. The number of amides is 2. The highest BCUT2D eigenvalue weighted by molar-refractivity contribution is 8.00. The van der Waals surface area contributed by atoms with Gasteiger partial charge < -0.3 is 40.9 Å². The van der Waals surface area contributed by atoms with Crippen LogP contribution in [-0.4, -0.2) is 119 Å². The van der Waals surface area contributed by atoms with Gasteiger partial charge in [-0.05, 0) is 0 Å². The minimum atomic E-state index is -3.90. The minimum absolute atomic E-state index is 0.0331. The number of rotatable bonds is 12. The zero-order valence-corrected chi connectivity index (χ0v) is 16.7. The van der Waals surface area contributed by atoms with Gasteiger partial charge in [-0.2, -0.15) is 11.8 Å². The summed E-state index contributed by atoms with van der Waals surface area (Å²) in [5.74, 6) is -3.86. The average Bonchev–Trinajstić information content (AvgIpc) is 2.63. The fraction of sp³-hybridized carbons (Fsp3) is 0.786. The molecule has 1 rings (SSSR count). The van der Waals surface area contributed by atoms with Crippen molar-refractivity contribution in [1.82, 2.24) is 10.6 Å². The van der Waals surface area contributed by atoms with Gasteiger partial charge in [-0.25, -0.2) is 13.2 Å². The number of thioether (sulfide) groups is 1. The standard InChI is InChI=1S/C14H24N2O11S2/c17-3-8-11(20)12(21)10(14(24)27-8)16-9(19)5-29(25,26)2-1-28-4-7(13(22)23)15-6-18/h6-8,10-12,14,17,20-21,24H,1-5H2,(H,15,18)(H,16,19)(H,22,23)/t7?,8-,10?,11-,12-,14?/m1/s1. The number of nitrogens with one attached hydrogen (secondary N) is 2.